The highest BCUT2D eigenvalue weighted by atomic mass is 35.5. The third kappa shape index (κ3) is 4.13. The first-order valence-electron chi connectivity index (χ1n) is 13.3. The Hall–Kier alpha value is -4.13. The van der Waals surface area contributed by atoms with Crippen molar-refractivity contribution in [1.82, 2.24) is 5.01 Å². The number of imide groups is 1. The van der Waals surface area contributed by atoms with Crippen molar-refractivity contribution in [3.05, 3.63) is 128 Å². The molecule has 0 aromatic heterocycles. The van der Waals surface area contributed by atoms with Crippen LogP contribution in [-0.2, 0) is 16.2 Å². The van der Waals surface area contributed by atoms with E-state index >= 15 is 0 Å². The number of amides is 2. The first-order chi connectivity index (χ1) is 20.0. The summed E-state index contributed by atoms with van der Waals surface area (Å²) in [6.07, 6.45) is 1.46. The summed E-state index contributed by atoms with van der Waals surface area (Å²) in [5.41, 5.74) is 5.97. The monoisotopic (exact) mass is 582 g/mol. The molecule has 1 aliphatic heterocycles. The van der Waals surface area contributed by atoms with Crippen LogP contribution in [0.3, 0.4) is 0 Å². The molecular weight excluding hydrogens is 559 g/mol. The Morgan fingerprint density at radius 1 is 0.805 bits per heavy atom. The molecule has 6 nitrogen and oxygen atoms in total. The van der Waals surface area contributed by atoms with Crippen LogP contribution in [0, 0.1) is 11.8 Å². The Morgan fingerprint density at radius 2 is 1.34 bits per heavy atom. The van der Waals surface area contributed by atoms with Crippen molar-refractivity contribution >= 4 is 41.2 Å². The summed E-state index contributed by atoms with van der Waals surface area (Å²) >= 11 is 12.5. The zero-order chi connectivity index (χ0) is 28.2. The molecule has 2 atom stereocenters. The quantitative estimate of drug-likeness (QED) is 0.185. The van der Waals surface area contributed by atoms with Crippen LogP contribution in [0.25, 0.3) is 0 Å². The SMILES string of the molecule is COc1cc(/C=N\N2C(=O)[C@@H]3C4c5ccccc5C(c5ccccc54)[C@H]3C2=O)cc(Cl)c1OCc1ccc(Cl)cc1. The summed E-state index contributed by atoms with van der Waals surface area (Å²) in [7, 11) is 1.52. The lowest BCUT2D eigenvalue weighted by atomic mass is 9.55. The summed E-state index contributed by atoms with van der Waals surface area (Å²) < 4.78 is 11.5. The summed E-state index contributed by atoms with van der Waals surface area (Å²) in [6.45, 7) is 0.271. The van der Waals surface area contributed by atoms with Crippen LogP contribution in [0.1, 0.15) is 45.2 Å². The van der Waals surface area contributed by atoms with Gasteiger partial charge in [0, 0.05) is 16.9 Å². The number of hydrogen-bond acceptors (Lipinski definition) is 5. The highest BCUT2D eigenvalue weighted by Gasteiger charge is 2.61. The number of benzene rings is 4. The van der Waals surface area contributed by atoms with Gasteiger partial charge in [-0.2, -0.15) is 10.1 Å². The van der Waals surface area contributed by atoms with Gasteiger partial charge in [0.05, 0.1) is 30.2 Å². The number of carbonyl (C=O) groups is 2. The molecule has 1 heterocycles. The molecule has 2 amide bonds. The van der Waals surface area contributed by atoms with E-state index in [-0.39, 0.29) is 30.3 Å². The van der Waals surface area contributed by atoms with Crippen LogP contribution in [0.4, 0.5) is 0 Å². The van der Waals surface area contributed by atoms with Crippen molar-refractivity contribution in [1.29, 1.82) is 0 Å². The third-order valence-electron chi connectivity index (χ3n) is 8.30. The van der Waals surface area contributed by atoms with Gasteiger partial charge in [-0.15, -0.1) is 0 Å². The molecule has 0 unspecified atom stereocenters. The Morgan fingerprint density at radius 3 is 1.85 bits per heavy atom. The number of nitrogens with zero attached hydrogens (tertiary/aromatic N) is 2. The number of hydrogen-bond donors (Lipinski definition) is 0. The van der Waals surface area contributed by atoms with Crippen molar-refractivity contribution in [3.63, 3.8) is 0 Å². The molecule has 8 rings (SSSR count). The minimum Gasteiger partial charge on any atom is -0.493 e. The highest BCUT2D eigenvalue weighted by Crippen LogP contribution is 2.61. The van der Waals surface area contributed by atoms with Gasteiger partial charge < -0.3 is 9.47 Å². The Labute approximate surface area is 247 Å². The number of halogens is 2. The van der Waals surface area contributed by atoms with Gasteiger partial charge in [-0.05, 0) is 57.6 Å². The molecule has 0 radical (unpaired) electrons. The van der Waals surface area contributed by atoms with E-state index in [4.69, 9.17) is 32.7 Å². The van der Waals surface area contributed by atoms with E-state index in [0.29, 0.717) is 27.1 Å². The first kappa shape index (κ1) is 25.8. The number of ether oxygens (including phenoxy) is 2. The van der Waals surface area contributed by atoms with Crippen LogP contribution in [0.15, 0.2) is 90.0 Å². The van der Waals surface area contributed by atoms with Crippen LogP contribution in [0.5, 0.6) is 11.5 Å². The smallest absolute Gasteiger partial charge is 0.254 e. The Kier molecular flexibility index (Phi) is 6.33. The van der Waals surface area contributed by atoms with Gasteiger partial charge in [0.25, 0.3) is 11.8 Å². The van der Waals surface area contributed by atoms with E-state index in [0.717, 1.165) is 32.8 Å². The van der Waals surface area contributed by atoms with Gasteiger partial charge in [-0.25, -0.2) is 0 Å². The lowest BCUT2D eigenvalue weighted by Crippen LogP contribution is -2.41. The van der Waals surface area contributed by atoms with Gasteiger partial charge in [0.1, 0.15) is 6.61 Å². The van der Waals surface area contributed by atoms with Crippen molar-refractivity contribution in [2.75, 3.05) is 7.11 Å². The lowest BCUT2D eigenvalue weighted by Gasteiger charge is -2.45. The van der Waals surface area contributed by atoms with E-state index in [9.17, 15) is 9.59 Å². The van der Waals surface area contributed by atoms with Crippen molar-refractivity contribution in [2.45, 2.75) is 18.4 Å². The molecular formula is C33H24Cl2N2O4. The zero-order valence-corrected chi connectivity index (χ0v) is 23.5. The summed E-state index contributed by atoms with van der Waals surface area (Å²) in [5, 5.41) is 6.39. The molecule has 3 aliphatic carbocycles. The van der Waals surface area contributed by atoms with Crippen LogP contribution in [0.2, 0.25) is 10.0 Å². The number of rotatable bonds is 6. The normalized spacial score (nSPS) is 22.1. The Bertz CT molecular complexity index is 1620. The van der Waals surface area contributed by atoms with Gasteiger partial charge >= 0.3 is 0 Å². The second-order valence-corrected chi connectivity index (χ2v) is 11.3. The molecule has 0 saturated carbocycles. The van der Waals surface area contributed by atoms with Crippen molar-refractivity contribution in [3.8, 4) is 11.5 Å². The number of carbonyl (C=O) groups excluding carboxylic acids is 2. The van der Waals surface area contributed by atoms with Gasteiger partial charge in [-0.1, -0.05) is 83.9 Å². The maximum absolute atomic E-state index is 13.8. The number of methoxy groups -OCH3 is 1. The molecule has 4 aromatic rings. The average Bonchev–Trinajstić information content (AvgIpc) is 3.25. The predicted octanol–water partition coefficient (Wildman–Crippen LogP) is 6.81. The van der Waals surface area contributed by atoms with Crippen LogP contribution in [-0.4, -0.2) is 30.1 Å². The zero-order valence-electron chi connectivity index (χ0n) is 22.0. The predicted molar refractivity (Wildman–Crippen MR) is 157 cm³/mol. The Balaban J connectivity index is 1.17. The molecule has 41 heavy (non-hydrogen) atoms. The second kappa shape index (κ2) is 10.1. The molecule has 8 heteroatoms. The van der Waals surface area contributed by atoms with E-state index in [1.54, 1.807) is 24.3 Å². The number of hydrazone groups is 1. The van der Waals surface area contributed by atoms with Crippen molar-refractivity contribution in [2.24, 2.45) is 16.9 Å². The van der Waals surface area contributed by atoms with Gasteiger partial charge in [-0.3, -0.25) is 9.59 Å². The first-order valence-corrected chi connectivity index (χ1v) is 14.1. The average molecular weight is 583 g/mol. The fourth-order valence-electron chi connectivity index (χ4n) is 6.59. The topological polar surface area (TPSA) is 68.2 Å². The van der Waals surface area contributed by atoms with Gasteiger partial charge in [0.15, 0.2) is 11.5 Å². The van der Waals surface area contributed by atoms with Crippen LogP contribution < -0.4 is 9.47 Å². The summed E-state index contributed by atoms with van der Waals surface area (Å²) in [4.78, 5) is 27.6. The maximum atomic E-state index is 13.8. The molecule has 2 bridgehead atoms. The van der Waals surface area contributed by atoms with E-state index < -0.39 is 11.8 Å². The molecule has 4 aliphatic rings. The van der Waals surface area contributed by atoms with Gasteiger partial charge in [0.2, 0.25) is 0 Å². The fourth-order valence-corrected chi connectivity index (χ4v) is 6.99. The minimum atomic E-state index is -0.490. The van der Waals surface area contributed by atoms with E-state index in [2.05, 4.69) is 29.4 Å². The largest absolute Gasteiger partial charge is 0.493 e. The minimum absolute atomic E-state index is 0.180. The molecule has 0 spiro atoms. The third-order valence-corrected chi connectivity index (χ3v) is 8.83. The van der Waals surface area contributed by atoms with E-state index in [1.807, 2.05) is 36.4 Å². The lowest BCUT2D eigenvalue weighted by molar-refractivity contribution is -0.139. The summed E-state index contributed by atoms with van der Waals surface area (Å²) in [5.74, 6) is -1.11. The summed E-state index contributed by atoms with van der Waals surface area (Å²) in [6, 6.07) is 27.0. The molecule has 1 fully saturated rings. The molecule has 4 aromatic carbocycles. The van der Waals surface area contributed by atoms with Crippen LogP contribution >= 0.6 is 23.2 Å². The fraction of sp³-hybridized carbons (Fsp3) is 0.182. The highest BCUT2D eigenvalue weighted by molar-refractivity contribution is 6.32. The second-order valence-electron chi connectivity index (χ2n) is 10.4. The molecule has 0 N–H and O–H groups in total. The van der Waals surface area contributed by atoms with Crippen molar-refractivity contribution < 1.29 is 19.1 Å². The molecule has 204 valence electrons. The standard InChI is InChI=1S/C33H24Cl2N2O4/c1-40-26-15-19(14-25(35)31(26)41-17-18-10-12-20(34)13-11-18)16-36-37-32(38)29-27-21-6-2-3-7-22(21)28(30(29)33(37)39)24-9-5-4-8-23(24)27/h2-16,27-30H,17H2,1H3/b36-16-/t27?,28?,29-,30-/m1/s1. The maximum Gasteiger partial charge on any atom is 0.254 e. The van der Waals surface area contributed by atoms with E-state index in [1.165, 1.54) is 13.3 Å². The molecule has 1 saturated heterocycles.